The molecule has 3 aromatic rings. The molecular formula is C24H24FN3O3S. The second kappa shape index (κ2) is 9.50. The summed E-state index contributed by atoms with van der Waals surface area (Å²) in [5.41, 5.74) is 1.56. The molecule has 3 aromatic carbocycles. The molecule has 6 nitrogen and oxygen atoms in total. The maximum Gasteiger partial charge on any atom is 0.261 e. The van der Waals surface area contributed by atoms with Crippen LogP contribution in [-0.2, 0) is 16.6 Å². The molecule has 166 valence electrons. The highest BCUT2D eigenvalue weighted by Crippen LogP contribution is 2.18. The minimum absolute atomic E-state index is 0.0904. The van der Waals surface area contributed by atoms with Gasteiger partial charge in [-0.15, -0.1) is 0 Å². The molecule has 8 heteroatoms. The zero-order valence-corrected chi connectivity index (χ0v) is 18.3. The molecule has 1 heterocycles. The van der Waals surface area contributed by atoms with Gasteiger partial charge in [0.05, 0.1) is 4.90 Å². The second-order valence-corrected chi connectivity index (χ2v) is 9.34. The van der Waals surface area contributed by atoms with E-state index in [1.165, 1.54) is 30.3 Å². The molecule has 0 bridgehead atoms. The molecule has 1 fully saturated rings. The molecule has 0 spiro atoms. The third kappa shape index (κ3) is 5.15. The van der Waals surface area contributed by atoms with Gasteiger partial charge in [0.15, 0.2) is 0 Å². The van der Waals surface area contributed by atoms with Crippen LogP contribution in [-0.4, -0.2) is 50.3 Å². The Morgan fingerprint density at radius 1 is 0.844 bits per heavy atom. The van der Waals surface area contributed by atoms with Gasteiger partial charge in [-0.3, -0.25) is 14.4 Å². The van der Waals surface area contributed by atoms with Gasteiger partial charge in [0.1, 0.15) is 5.82 Å². The molecule has 0 atom stereocenters. The van der Waals surface area contributed by atoms with Crippen LogP contribution in [0.3, 0.4) is 0 Å². The van der Waals surface area contributed by atoms with Crippen molar-refractivity contribution in [3.05, 3.63) is 95.8 Å². The lowest BCUT2D eigenvalue weighted by Crippen LogP contribution is -2.48. The van der Waals surface area contributed by atoms with Crippen LogP contribution in [0.4, 0.5) is 10.1 Å². The van der Waals surface area contributed by atoms with Crippen LogP contribution in [0, 0.1) is 5.82 Å². The van der Waals surface area contributed by atoms with Crippen molar-refractivity contribution in [3.8, 4) is 0 Å². The van der Waals surface area contributed by atoms with Gasteiger partial charge in [-0.1, -0.05) is 36.4 Å². The third-order valence-electron chi connectivity index (χ3n) is 5.45. The van der Waals surface area contributed by atoms with Gasteiger partial charge < -0.3 is 4.90 Å². The predicted octanol–water partition coefficient (Wildman–Crippen LogP) is 3.58. The highest BCUT2D eigenvalue weighted by atomic mass is 32.2. The molecule has 1 saturated heterocycles. The van der Waals surface area contributed by atoms with Gasteiger partial charge in [-0.25, -0.2) is 12.8 Å². The van der Waals surface area contributed by atoms with Gasteiger partial charge in [0.25, 0.3) is 15.9 Å². The minimum atomic E-state index is -3.73. The SMILES string of the molecule is O=C(c1ccc(S(=O)(=O)Nc2ccccc2)cc1)N1CCN(Cc2ccccc2F)CC1. The van der Waals surface area contributed by atoms with E-state index in [9.17, 15) is 17.6 Å². The molecule has 4 rings (SSSR count). The summed E-state index contributed by atoms with van der Waals surface area (Å²) in [6, 6.07) is 21.3. The third-order valence-corrected chi connectivity index (χ3v) is 6.85. The summed E-state index contributed by atoms with van der Waals surface area (Å²) < 4.78 is 41.5. The predicted molar refractivity (Wildman–Crippen MR) is 121 cm³/mol. The lowest BCUT2D eigenvalue weighted by atomic mass is 10.1. The molecule has 0 aliphatic carbocycles. The molecule has 1 N–H and O–H groups in total. The lowest BCUT2D eigenvalue weighted by molar-refractivity contribution is 0.0627. The van der Waals surface area contributed by atoms with E-state index >= 15 is 0 Å². The Morgan fingerprint density at radius 3 is 2.12 bits per heavy atom. The Hall–Kier alpha value is -3.23. The normalized spacial score (nSPS) is 14.8. The number of anilines is 1. The number of nitrogens with one attached hydrogen (secondary N) is 1. The number of carbonyl (C=O) groups excluding carboxylic acids is 1. The van der Waals surface area contributed by atoms with Crippen molar-refractivity contribution in [2.45, 2.75) is 11.4 Å². The van der Waals surface area contributed by atoms with Crippen molar-refractivity contribution >= 4 is 21.6 Å². The molecule has 1 aliphatic heterocycles. The standard InChI is InChI=1S/C24H24FN3O3S/c25-23-9-5-4-6-20(23)18-27-14-16-28(17-15-27)24(29)19-10-12-22(13-11-19)32(30,31)26-21-7-2-1-3-8-21/h1-13,26H,14-18H2. The largest absolute Gasteiger partial charge is 0.336 e. The Morgan fingerprint density at radius 2 is 1.47 bits per heavy atom. The number of hydrogen-bond donors (Lipinski definition) is 1. The van der Waals surface area contributed by atoms with Crippen LogP contribution in [0.15, 0.2) is 83.8 Å². The van der Waals surface area contributed by atoms with E-state index in [-0.39, 0.29) is 16.6 Å². The summed E-state index contributed by atoms with van der Waals surface area (Å²) in [6.07, 6.45) is 0. The molecule has 0 aromatic heterocycles. The van der Waals surface area contributed by atoms with Crippen LogP contribution in [0.2, 0.25) is 0 Å². The van der Waals surface area contributed by atoms with Gasteiger partial charge >= 0.3 is 0 Å². The van der Waals surface area contributed by atoms with Crippen molar-refractivity contribution in [2.75, 3.05) is 30.9 Å². The number of piperazine rings is 1. The first-order valence-corrected chi connectivity index (χ1v) is 11.8. The number of rotatable bonds is 6. The van der Waals surface area contributed by atoms with E-state index in [1.54, 1.807) is 47.4 Å². The van der Waals surface area contributed by atoms with Crippen molar-refractivity contribution in [2.24, 2.45) is 0 Å². The second-order valence-electron chi connectivity index (χ2n) is 7.66. The maximum absolute atomic E-state index is 13.9. The average molecular weight is 454 g/mol. The average Bonchev–Trinajstić information content (AvgIpc) is 2.81. The highest BCUT2D eigenvalue weighted by molar-refractivity contribution is 7.92. The van der Waals surface area contributed by atoms with Gasteiger partial charge in [-0.05, 0) is 42.5 Å². The molecule has 32 heavy (non-hydrogen) atoms. The maximum atomic E-state index is 13.9. The number of amides is 1. The van der Waals surface area contributed by atoms with E-state index in [4.69, 9.17) is 0 Å². The number of hydrogen-bond acceptors (Lipinski definition) is 4. The van der Waals surface area contributed by atoms with E-state index in [0.29, 0.717) is 49.5 Å². The quantitative estimate of drug-likeness (QED) is 0.619. The van der Waals surface area contributed by atoms with Gasteiger partial charge in [0, 0.05) is 49.5 Å². The first-order valence-electron chi connectivity index (χ1n) is 10.4. The van der Waals surface area contributed by atoms with Gasteiger partial charge in [0.2, 0.25) is 0 Å². The summed E-state index contributed by atoms with van der Waals surface area (Å²) in [5, 5.41) is 0. The summed E-state index contributed by atoms with van der Waals surface area (Å²) in [6.45, 7) is 2.86. The Kier molecular flexibility index (Phi) is 6.53. The molecule has 1 aliphatic rings. The number of sulfonamides is 1. The monoisotopic (exact) mass is 453 g/mol. The zero-order valence-electron chi connectivity index (χ0n) is 17.4. The number of halogens is 1. The number of benzene rings is 3. The Bertz CT molecular complexity index is 1180. The van der Waals surface area contributed by atoms with E-state index in [2.05, 4.69) is 9.62 Å². The topological polar surface area (TPSA) is 69.7 Å². The van der Waals surface area contributed by atoms with Gasteiger partial charge in [-0.2, -0.15) is 0 Å². The molecule has 1 amide bonds. The van der Waals surface area contributed by atoms with Crippen LogP contribution in [0.5, 0.6) is 0 Å². The van der Waals surface area contributed by atoms with Crippen LogP contribution >= 0.6 is 0 Å². The first kappa shape index (κ1) is 22.0. The minimum Gasteiger partial charge on any atom is -0.336 e. The van der Waals surface area contributed by atoms with E-state index in [1.807, 2.05) is 6.07 Å². The lowest BCUT2D eigenvalue weighted by Gasteiger charge is -2.34. The number of carbonyl (C=O) groups is 1. The smallest absolute Gasteiger partial charge is 0.261 e. The van der Waals surface area contributed by atoms with E-state index < -0.39 is 10.0 Å². The summed E-state index contributed by atoms with van der Waals surface area (Å²) in [5.74, 6) is -0.363. The molecule has 0 unspecified atom stereocenters. The molecule has 0 radical (unpaired) electrons. The fraction of sp³-hybridized carbons (Fsp3) is 0.208. The number of para-hydroxylation sites is 1. The van der Waals surface area contributed by atoms with E-state index in [0.717, 1.165) is 0 Å². The van der Waals surface area contributed by atoms with Crippen LogP contribution in [0.1, 0.15) is 15.9 Å². The first-order chi connectivity index (χ1) is 15.4. The Labute approximate surface area is 187 Å². The summed E-state index contributed by atoms with van der Waals surface area (Å²) in [7, 11) is -3.73. The Balaban J connectivity index is 1.35. The van der Waals surface area contributed by atoms with Crippen molar-refractivity contribution in [3.63, 3.8) is 0 Å². The van der Waals surface area contributed by atoms with Crippen LogP contribution < -0.4 is 4.72 Å². The fourth-order valence-electron chi connectivity index (χ4n) is 3.66. The van der Waals surface area contributed by atoms with Crippen molar-refractivity contribution in [1.82, 2.24) is 9.80 Å². The van der Waals surface area contributed by atoms with Crippen LogP contribution in [0.25, 0.3) is 0 Å². The molecule has 0 saturated carbocycles. The summed E-state index contributed by atoms with van der Waals surface area (Å²) >= 11 is 0. The van der Waals surface area contributed by atoms with Crippen molar-refractivity contribution in [1.29, 1.82) is 0 Å². The summed E-state index contributed by atoms with van der Waals surface area (Å²) in [4.78, 5) is 16.8. The zero-order chi connectivity index (χ0) is 22.6. The highest BCUT2D eigenvalue weighted by Gasteiger charge is 2.23. The number of nitrogens with zero attached hydrogens (tertiary/aromatic N) is 2. The molecular weight excluding hydrogens is 429 g/mol. The fourth-order valence-corrected chi connectivity index (χ4v) is 4.71. The van der Waals surface area contributed by atoms with Crippen molar-refractivity contribution < 1.29 is 17.6 Å².